The third-order valence-electron chi connectivity index (χ3n) is 5.21. The highest BCUT2D eigenvalue weighted by Crippen LogP contribution is 2.24. The van der Waals surface area contributed by atoms with E-state index in [1.807, 2.05) is 50.2 Å². The highest BCUT2D eigenvalue weighted by atomic mass is 16.5. The fourth-order valence-electron chi connectivity index (χ4n) is 3.45. The number of rotatable bonds is 5. The van der Waals surface area contributed by atoms with Crippen LogP contribution < -0.4 is 4.74 Å². The van der Waals surface area contributed by atoms with Crippen LogP contribution in [-0.2, 0) is 31.4 Å². The molecule has 1 aliphatic heterocycles. The van der Waals surface area contributed by atoms with Crippen LogP contribution in [0.25, 0.3) is 11.3 Å². The molecule has 0 aliphatic carbocycles. The van der Waals surface area contributed by atoms with Gasteiger partial charge >= 0.3 is 0 Å². The first-order chi connectivity index (χ1) is 14.0. The van der Waals surface area contributed by atoms with Gasteiger partial charge in [-0.05, 0) is 36.6 Å². The van der Waals surface area contributed by atoms with Crippen molar-refractivity contribution in [2.75, 3.05) is 6.54 Å². The molecule has 3 aromatic heterocycles. The van der Waals surface area contributed by atoms with Crippen LogP contribution in [0.15, 0.2) is 30.6 Å². The van der Waals surface area contributed by atoms with E-state index in [1.165, 1.54) is 5.56 Å². The minimum atomic E-state index is 0.179. The van der Waals surface area contributed by atoms with E-state index in [1.54, 1.807) is 10.9 Å². The van der Waals surface area contributed by atoms with E-state index in [-0.39, 0.29) is 5.91 Å². The van der Waals surface area contributed by atoms with Crippen LogP contribution >= 0.6 is 0 Å². The Morgan fingerprint density at radius 3 is 2.83 bits per heavy atom. The Bertz CT molecular complexity index is 1030. The third kappa shape index (κ3) is 3.96. The van der Waals surface area contributed by atoms with Gasteiger partial charge in [0.05, 0.1) is 0 Å². The molecule has 4 heterocycles. The molecular weight excluding hydrogens is 368 g/mol. The maximum atomic E-state index is 11.9. The molecule has 8 heteroatoms. The van der Waals surface area contributed by atoms with Crippen molar-refractivity contribution in [3.05, 3.63) is 53.1 Å². The lowest BCUT2D eigenvalue weighted by molar-refractivity contribution is -0.131. The zero-order valence-corrected chi connectivity index (χ0v) is 16.9. The van der Waals surface area contributed by atoms with Crippen LogP contribution in [0, 0.1) is 6.92 Å². The number of aryl methyl sites for hydroxylation is 2. The zero-order valence-electron chi connectivity index (χ0n) is 16.9. The summed E-state index contributed by atoms with van der Waals surface area (Å²) in [6.45, 7) is 5.49. The van der Waals surface area contributed by atoms with Gasteiger partial charge in [-0.3, -0.25) is 9.78 Å². The SMILES string of the molecule is CCC(=O)N1CCc2cc(OCc3c(-c4ccc(C)nc4)nnn3C)ncc2C1. The molecule has 0 saturated heterocycles. The maximum absolute atomic E-state index is 11.9. The monoisotopic (exact) mass is 392 g/mol. The Labute approximate surface area is 169 Å². The van der Waals surface area contributed by atoms with Gasteiger partial charge in [-0.25, -0.2) is 9.67 Å². The summed E-state index contributed by atoms with van der Waals surface area (Å²) in [7, 11) is 1.84. The number of hydrogen-bond acceptors (Lipinski definition) is 6. The molecule has 0 N–H and O–H groups in total. The molecule has 1 amide bonds. The summed E-state index contributed by atoms with van der Waals surface area (Å²) >= 11 is 0. The molecule has 0 saturated carbocycles. The van der Waals surface area contributed by atoms with Crippen molar-refractivity contribution >= 4 is 5.91 Å². The Balaban J connectivity index is 1.49. The van der Waals surface area contributed by atoms with Crippen LogP contribution in [0.2, 0.25) is 0 Å². The van der Waals surface area contributed by atoms with Crippen LogP contribution in [0.1, 0.15) is 35.9 Å². The number of pyridine rings is 2. The number of fused-ring (bicyclic) bond motifs is 1. The minimum Gasteiger partial charge on any atom is -0.471 e. The predicted octanol–water partition coefficient (Wildman–Crippen LogP) is 2.45. The maximum Gasteiger partial charge on any atom is 0.222 e. The van der Waals surface area contributed by atoms with Crippen molar-refractivity contribution in [1.29, 1.82) is 0 Å². The lowest BCUT2D eigenvalue weighted by Crippen LogP contribution is -2.35. The molecule has 0 radical (unpaired) electrons. The molecule has 0 atom stereocenters. The Hall–Kier alpha value is -3.29. The number of amides is 1. The lowest BCUT2D eigenvalue weighted by atomic mass is 10.0. The van der Waals surface area contributed by atoms with Crippen LogP contribution in [-0.4, -0.2) is 42.3 Å². The number of aromatic nitrogens is 5. The Morgan fingerprint density at radius 1 is 1.21 bits per heavy atom. The van der Waals surface area contributed by atoms with Gasteiger partial charge in [0.25, 0.3) is 0 Å². The minimum absolute atomic E-state index is 0.179. The third-order valence-corrected chi connectivity index (χ3v) is 5.21. The first kappa shape index (κ1) is 19.0. The molecule has 0 aromatic carbocycles. The number of carbonyl (C=O) groups excluding carboxylic acids is 1. The molecule has 0 bridgehead atoms. The largest absolute Gasteiger partial charge is 0.471 e. The number of hydrogen-bond donors (Lipinski definition) is 0. The molecule has 4 rings (SSSR count). The summed E-state index contributed by atoms with van der Waals surface area (Å²) in [6, 6.07) is 5.91. The molecular formula is C21H24N6O2. The smallest absolute Gasteiger partial charge is 0.222 e. The second-order valence-corrected chi connectivity index (χ2v) is 7.20. The first-order valence-electron chi connectivity index (χ1n) is 9.75. The van der Waals surface area contributed by atoms with E-state index < -0.39 is 0 Å². The summed E-state index contributed by atoms with van der Waals surface area (Å²) in [4.78, 5) is 22.6. The van der Waals surface area contributed by atoms with Crippen molar-refractivity contribution in [1.82, 2.24) is 29.9 Å². The van der Waals surface area contributed by atoms with Crippen molar-refractivity contribution in [3.8, 4) is 17.1 Å². The summed E-state index contributed by atoms with van der Waals surface area (Å²) < 4.78 is 7.68. The molecule has 8 nitrogen and oxygen atoms in total. The molecule has 1 aliphatic rings. The molecule has 3 aromatic rings. The predicted molar refractivity (Wildman–Crippen MR) is 107 cm³/mol. The second-order valence-electron chi connectivity index (χ2n) is 7.20. The lowest BCUT2D eigenvalue weighted by Gasteiger charge is -2.28. The van der Waals surface area contributed by atoms with Crippen LogP contribution in [0.3, 0.4) is 0 Å². The number of carbonyl (C=O) groups is 1. The average molecular weight is 392 g/mol. The van der Waals surface area contributed by atoms with Gasteiger partial charge < -0.3 is 9.64 Å². The van der Waals surface area contributed by atoms with Gasteiger partial charge in [-0.2, -0.15) is 0 Å². The highest BCUT2D eigenvalue weighted by molar-refractivity contribution is 5.76. The van der Waals surface area contributed by atoms with Crippen molar-refractivity contribution in [2.24, 2.45) is 7.05 Å². The first-order valence-corrected chi connectivity index (χ1v) is 9.75. The van der Waals surface area contributed by atoms with E-state index in [0.29, 0.717) is 25.5 Å². The normalized spacial score (nSPS) is 13.3. The van der Waals surface area contributed by atoms with Crippen molar-refractivity contribution in [3.63, 3.8) is 0 Å². The van der Waals surface area contributed by atoms with E-state index in [2.05, 4.69) is 20.3 Å². The van der Waals surface area contributed by atoms with Crippen LogP contribution in [0.5, 0.6) is 5.88 Å². The fourth-order valence-corrected chi connectivity index (χ4v) is 3.45. The highest BCUT2D eigenvalue weighted by Gasteiger charge is 2.21. The molecule has 29 heavy (non-hydrogen) atoms. The summed E-state index contributed by atoms with van der Waals surface area (Å²) in [5, 5.41) is 8.40. The van der Waals surface area contributed by atoms with Gasteiger partial charge in [0.15, 0.2) is 0 Å². The molecule has 0 fully saturated rings. The topological polar surface area (TPSA) is 86.0 Å². The zero-order chi connectivity index (χ0) is 20.4. The fraction of sp³-hybridized carbons (Fsp3) is 0.381. The standard InChI is InChI=1S/C21H24N6O2/c1-4-20(28)27-8-7-15-9-19(23-11-17(15)12-27)29-13-18-21(24-25-26(18)3)16-6-5-14(2)22-10-16/h5-6,9-11H,4,7-8,12-13H2,1-3H3. The average Bonchev–Trinajstić information content (AvgIpc) is 3.12. The quantitative estimate of drug-likeness (QED) is 0.663. The van der Waals surface area contributed by atoms with Gasteiger partial charge in [-0.1, -0.05) is 12.1 Å². The van der Waals surface area contributed by atoms with E-state index >= 15 is 0 Å². The Kier molecular flexibility index (Phi) is 5.24. The molecule has 150 valence electrons. The van der Waals surface area contributed by atoms with E-state index in [4.69, 9.17) is 4.74 Å². The van der Waals surface area contributed by atoms with Gasteiger partial charge in [0.2, 0.25) is 11.8 Å². The molecule has 0 unspecified atom stereocenters. The summed E-state index contributed by atoms with van der Waals surface area (Å²) in [5.74, 6) is 0.742. The molecule has 0 spiro atoms. The number of nitrogens with zero attached hydrogens (tertiary/aromatic N) is 6. The van der Waals surface area contributed by atoms with Gasteiger partial charge in [0.1, 0.15) is 18.0 Å². The Morgan fingerprint density at radius 2 is 2.07 bits per heavy atom. The van der Waals surface area contributed by atoms with E-state index in [0.717, 1.165) is 41.2 Å². The second kappa shape index (κ2) is 7.98. The van der Waals surface area contributed by atoms with Crippen molar-refractivity contribution in [2.45, 2.75) is 39.8 Å². The number of ether oxygens (including phenoxy) is 1. The summed E-state index contributed by atoms with van der Waals surface area (Å²) in [6.07, 6.45) is 4.95. The van der Waals surface area contributed by atoms with Gasteiger partial charge in [-0.15, -0.1) is 5.10 Å². The van der Waals surface area contributed by atoms with Crippen molar-refractivity contribution < 1.29 is 9.53 Å². The van der Waals surface area contributed by atoms with Gasteiger partial charge in [0, 0.05) is 56.3 Å². The summed E-state index contributed by atoms with van der Waals surface area (Å²) in [5.41, 5.74) is 5.73. The van der Waals surface area contributed by atoms with E-state index in [9.17, 15) is 4.79 Å². The van der Waals surface area contributed by atoms with Crippen LogP contribution in [0.4, 0.5) is 0 Å².